The number of halogens is 3. The molecule has 0 heterocycles. The van der Waals surface area contributed by atoms with Crippen LogP contribution in [0.1, 0.15) is 11.1 Å². The predicted octanol–water partition coefficient (Wildman–Crippen LogP) is 3.98. The number of carbonyl (C=O) groups excluding carboxylic acids is 1. The van der Waals surface area contributed by atoms with Crippen LogP contribution < -0.4 is 5.32 Å². The van der Waals surface area contributed by atoms with Gasteiger partial charge in [-0.3, -0.25) is 4.79 Å². The van der Waals surface area contributed by atoms with Crippen LogP contribution in [0.5, 0.6) is 0 Å². The summed E-state index contributed by atoms with van der Waals surface area (Å²) in [7, 11) is -3.42. The summed E-state index contributed by atoms with van der Waals surface area (Å²) in [4.78, 5) is 12.1. The fourth-order valence-corrected chi connectivity index (χ4v) is 2.96. The lowest BCUT2D eigenvalue weighted by Crippen LogP contribution is -2.16. The van der Waals surface area contributed by atoms with Crippen LogP contribution in [0.3, 0.4) is 0 Å². The Bertz CT molecular complexity index is 949. The van der Waals surface area contributed by atoms with E-state index < -0.39 is 27.5 Å². The first-order chi connectivity index (χ1) is 12.0. The SMILES string of the molecule is Cc1cc(S(C)(=O)=O)ccc1NC(=O)/C=C(/c1ccccc1)C(F)(F)F. The van der Waals surface area contributed by atoms with E-state index in [2.05, 4.69) is 5.32 Å². The average Bonchev–Trinajstić information content (AvgIpc) is 2.53. The minimum atomic E-state index is -4.70. The van der Waals surface area contributed by atoms with E-state index in [1.54, 1.807) is 13.0 Å². The molecule has 0 radical (unpaired) electrons. The molecule has 0 aliphatic heterocycles. The molecule has 0 saturated heterocycles. The topological polar surface area (TPSA) is 63.2 Å². The van der Waals surface area contributed by atoms with Gasteiger partial charge in [-0.15, -0.1) is 0 Å². The van der Waals surface area contributed by atoms with Gasteiger partial charge in [-0.2, -0.15) is 13.2 Å². The molecule has 8 heteroatoms. The van der Waals surface area contributed by atoms with Crippen LogP contribution in [0.2, 0.25) is 0 Å². The van der Waals surface area contributed by atoms with Crippen molar-refractivity contribution in [3.8, 4) is 0 Å². The summed E-state index contributed by atoms with van der Waals surface area (Å²) in [6.07, 6.45) is -3.18. The van der Waals surface area contributed by atoms with Crippen LogP contribution in [0.4, 0.5) is 18.9 Å². The van der Waals surface area contributed by atoms with Crippen LogP contribution in [0, 0.1) is 6.92 Å². The summed E-state index contributed by atoms with van der Waals surface area (Å²) in [6, 6.07) is 11.0. The highest BCUT2D eigenvalue weighted by Crippen LogP contribution is 2.33. The standard InChI is InChI=1S/C18H16F3NO3S/c1-12-10-14(26(2,24)25)8-9-16(12)22-17(23)11-15(18(19,20)21)13-6-4-3-5-7-13/h3-11H,1-2H3,(H,22,23)/b15-11-. The normalized spacial score (nSPS) is 12.7. The summed E-state index contributed by atoms with van der Waals surface area (Å²) >= 11 is 0. The molecular formula is C18H16F3NO3S. The molecule has 0 bridgehead atoms. The molecule has 0 aliphatic rings. The van der Waals surface area contributed by atoms with Crippen molar-refractivity contribution in [2.45, 2.75) is 18.0 Å². The highest BCUT2D eigenvalue weighted by Gasteiger charge is 2.35. The van der Waals surface area contributed by atoms with E-state index in [1.165, 1.54) is 42.5 Å². The summed E-state index contributed by atoms with van der Waals surface area (Å²) in [5.41, 5.74) is -0.545. The number of carbonyl (C=O) groups is 1. The van der Waals surface area contributed by atoms with Crippen molar-refractivity contribution >= 4 is 27.0 Å². The number of sulfone groups is 1. The van der Waals surface area contributed by atoms with Gasteiger partial charge >= 0.3 is 6.18 Å². The fourth-order valence-electron chi connectivity index (χ4n) is 2.25. The molecule has 2 aromatic rings. The lowest BCUT2D eigenvalue weighted by molar-refractivity contribution is -0.112. The highest BCUT2D eigenvalue weighted by molar-refractivity contribution is 7.90. The second-order valence-corrected chi connectivity index (χ2v) is 7.68. The predicted molar refractivity (Wildman–Crippen MR) is 93.4 cm³/mol. The molecule has 0 spiro atoms. The zero-order chi connectivity index (χ0) is 19.5. The maximum absolute atomic E-state index is 13.3. The Morgan fingerprint density at radius 3 is 2.19 bits per heavy atom. The van der Waals surface area contributed by atoms with Gasteiger partial charge in [0.15, 0.2) is 9.84 Å². The molecule has 0 unspecified atom stereocenters. The molecular weight excluding hydrogens is 367 g/mol. The first-order valence-corrected chi connectivity index (χ1v) is 9.33. The first-order valence-electron chi connectivity index (χ1n) is 7.44. The summed E-state index contributed by atoms with van der Waals surface area (Å²) in [6.45, 7) is 1.55. The van der Waals surface area contributed by atoms with Crippen molar-refractivity contribution in [1.82, 2.24) is 0 Å². The van der Waals surface area contributed by atoms with E-state index in [0.717, 1.165) is 6.26 Å². The van der Waals surface area contributed by atoms with Crippen molar-refractivity contribution < 1.29 is 26.4 Å². The van der Waals surface area contributed by atoms with Gasteiger partial charge in [-0.1, -0.05) is 30.3 Å². The number of aryl methyl sites for hydroxylation is 1. The van der Waals surface area contributed by atoms with Gasteiger partial charge in [-0.05, 0) is 36.2 Å². The third-order valence-corrected chi connectivity index (χ3v) is 4.66. The van der Waals surface area contributed by atoms with E-state index >= 15 is 0 Å². The lowest BCUT2D eigenvalue weighted by Gasteiger charge is -2.13. The Balaban J connectivity index is 2.32. The van der Waals surface area contributed by atoms with Crippen LogP contribution in [-0.2, 0) is 14.6 Å². The lowest BCUT2D eigenvalue weighted by atomic mass is 10.0. The molecule has 0 saturated carbocycles. The van der Waals surface area contributed by atoms with Crippen LogP contribution >= 0.6 is 0 Å². The smallest absolute Gasteiger partial charge is 0.322 e. The van der Waals surface area contributed by atoms with Crippen LogP contribution in [0.25, 0.3) is 5.57 Å². The van der Waals surface area contributed by atoms with E-state index in [1.807, 2.05) is 0 Å². The van der Waals surface area contributed by atoms with Crippen molar-refractivity contribution in [3.63, 3.8) is 0 Å². The maximum Gasteiger partial charge on any atom is 0.417 e. The molecule has 2 aromatic carbocycles. The van der Waals surface area contributed by atoms with E-state index in [0.29, 0.717) is 11.6 Å². The van der Waals surface area contributed by atoms with Gasteiger partial charge < -0.3 is 5.32 Å². The number of anilines is 1. The highest BCUT2D eigenvalue weighted by atomic mass is 32.2. The van der Waals surface area contributed by atoms with E-state index in [4.69, 9.17) is 0 Å². The van der Waals surface area contributed by atoms with Gasteiger partial charge in [0.05, 0.1) is 10.5 Å². The second-order valence-electron chi connectivity index (χ2n) is 5.66. The van der Waals surface area contributed by atoms with Gasteiger partial charge in [0.1, 0.15) is 0 Å². The number of alkyl halides is 3. The van der Waals surface area contributed by atoms with Gasteiger partial charge in [0.2, 0.25) is 5.91 Å². The van der Waals surface area contributed by atoms with Crippen molar-refractivity contribution in [1.29, 1.82) is 0 Å². The molecule has 2 rings (SSSR count). The molecule has 1 amide bonds. The third-order valence-electron chi connectivity index (χ3n) is 3.55. The Morgan fingerprint density at radius 1 is 1.08 bits per heavy atom. The van der Waals surface area contributed by atoms with Crippen molar-refractivity contribution in [2.24, 2.45) is 0 Å². The molecule has 26 heavy (non-hydrogen) atoms. The van der Waals surface area contributed by atoms with E-state index in [9.17, 15) is 26.4 Å². The summed E-state index contributed by atoms with van der Waals surface area (Å²) in [5, 5.41) is 2.35. The van der Waals surface area contributed by atoms with Gasteiger partial charge in [0.25, 0.3) is 0 Å². The Kier molecular flexibility index (Phi) is 5.56. The fraction of sp³-hybridized carbons (Fsp3) is 0.167. The minimum Gasteiger partial charge on any atom is -0.322 e. The number of amides is 1. The quantitative estimate of drug-likeness (QED) is 0.813. The molecule has 1 N–H and O–H groups in total. The molecule has 4 nitrogen and oxygen atoms in total. The minimum absolute atomic E-state index is 0.0591. The largest absolute Gasteiger partial charge is 0.417 e. The Labute approximate surface area is 149 Å². The molecule has 0 atom stereocenters. The van der Waals surface area contributed by atoms with Crippen molar-refractivity contribution in [3.05, 3.63) is 65.7 Å². The number of hydrogen-bond donors (Lipinski definition) is 1. The maximum atomic E-state index is 13.3. The number of rotatable bonds is 4. The van der Waals surface area contributed by atoms with Crippen molar-refractivity contribution in [2.75, 3.05) is 11.6 Å². The zero-order valence-corrected chi connectivity index (χ0v) is 14.8. The van der Waals surface area contributed by atoms with Crippen LogP contribution in [-0.4, -0.2) is 26.8 Å². The average molecular weight is 383 g/mol. The molecule has 138 valence electrons. The van der Waals surface area contributed by atoms with Crippen LogP contribution in [0.15, 0.2) is 59.5 Å². The number of nitrogens with one attached hydrogen (secondary N) is 1. The Morgan fingerprint density at radius 2 is 1.69 bits per heavy atom. The number of allylic oxidation sites excluding steroid dienone is 1. The second kappa shape index (κ2) is 7.33. The molecule has 0 aliphatic carbocycles. The zero-order valence-electron chi connectivity index (χ0n) is 14.0. The molecule has 0 fully saturated rings. The number of benzene rings is 2. The van der Waals surface area contributed by atoms with Gasteiger partial charge in [0, 0.05) is 18.0 Å². The summed E-state index contributed by atoms with van der Waals surface area (Å²) in [5.74, 6) is -0.962. The first kappa shape index (κ1) is 19.7. The van der Waals surface area contributed by atoms with E-state index in [-0.39, 0.29) is 16.1 Å². The molecule has 0 aromatic heterocycles. The number of hydrogen-bond acceptors (Lipinski definition) is 3. The Hall–Kier alpha value is -2.61. The summed E-state index contributed by atoms with van der Waals surface area (Å²) < 4.78 is 62.8. The van der Waals surface area contributed by atoms with Gasteiger partial charge in [-0.25, -0.2) is 8.42 Å². The monoisotopic (exact) mass is 383 g/mol. The third kappa shape index (κ3) is 4.95.